The second-order valence-corrected chi connectivity index (χ2v) is 14.7. The van der Waals surface area contributed by atoms with Crippen LogP contribution in [-0.2, 0) is 24.4 Å². The van der Waals surface area contributed by atoms with Crippen LogP contribution in [0.5, 0.6) is 5.88 Å². The third-order valence-corrected chi connectivity index (χ3v) is 9.67. The Balaban J connectivity index is 1.22. The fraction of sp³-hybridized carbons (Fsp3) is 0.606. The molecule has 0 bridgehead atoms. The van der Waals surface area contributed by atoms with E-state index in [2.05, 4.69) is 20.7 Å². The topological polar surface area (TPSA) is 136 Å². The van der Waals surface area contributed by atoms with Crippen LogP contribution in [-0.4, -0.2) is 53.4 Å². The molecule has 4 unspecified atom stereocenters. The van der Waals surface area contributed by atoms with Crippen LogP contribution in [0.1, 0.15) is 96.0 Å². The molecule has 4 N–H and O–H groups in total. The second kappa shape index (κ2) is 12.7. The quantitative estimate of drug-likeness (QED) is 0.197. The number of aliphatic hydroxyl groups is 2. The zero-order valence-electron chi connectivity index (χ0n) is 27.6. The summed E-state index contributed by atoms with van der Waals surface area (Å²) in [6, 6.07) is 6.02. The van der Waals surface area contributed by atoms with E-state index < -0.39 is 34.9 Å². The number of carbonyl (C=O) groups excluding carboxylic acids is 1. The first-order valence-electron chi connectivity index (χ1n) is 15.8. The minimum atomic E-state index is -1.07. The number of nitrogens with zero attached hydrogens (tertiary/aromatic N) is 4. The van der Waals surface area contributed by atoms with E-state index in [0.717, 1.165) is 18.5 Å². The van der Waals surface area contributed by atoms with Crippen LogP contribution < -0.4 is 15.4 Å². The van der Waals surface area contributed by atoms with Gasteiger partial charge in [0.05, 0.1) is 34.0 Å². The normalized spacial score (nSPS) is 24.7. The molecule has 0 spiro atoms. The molecule has 1 aromatic carbocycles. The number of hydrogen-bond donors (Lipinski definition) is 4. The SMILES string of the molecule is CCC(C)(COc1cc(C2(O)CC3CC(c4ncn(C)c4C(O)Nc4ccc(F)c(Cl)c4)CC3C2)n(C)n1)NC(=O)OC(C)(C)C. The van der Waals surface area contributed by atoms with Gasteiger partial charge in [-0.1, -0.05) is 18.5 Å². The van der Waals surface area contributed by atoms with E-state index in [0.29, 0.717) is 42.2 Å². The number of halogens is 2. The lowest BCUT2D eigenvalue weighted by atomic mass is 9.90. The molecule has 11 nitrogen and oxygen atoms in total. The molecular formula is C33H46ClFN6O5. The number of imidazole rings is 1. The lowest BCUT2D eigenvalue weighted by Gasteiger charge is -2.30. The zero-order chi connectivity index (χ0) is 33.6. The second-order valence-electron chi connectivity index (χ2n) is 14.3. The largest absolute Gasteiger partial charge is 0.474 e. The van der Waals surface area contributed by atoms with E-state index in [9.17, 15) is 19.4 Å². The Morgan fingerprint density at radius 1 is 1.20 bits per heavy atom. The zero-order valence-corrected chi connectivity index (χ0v) is 28.4. The number of aliphatic hydroxyl groups excluding tert-OH is 1. The van der Waals surface area contributed by atoms with E-state index >= 15 is 0 Å². The summed E-state index contributed by atoms with van der Waals surface area (Å²) >= 11 is 5.93. The van der Waals surface area contributed by atoms with Crippen LogP contribution in [0.2, 0.25) is 5.02 Å². The number of anilines is 1. The van der Waals surface area contributed by atoms with Crippen molar-refractivity contribution in [3.63, 3.8) is 0 Å². The smallest absolute Gasteiger partial charge is 0.408 e. The van der Waals surface area contributed by atoms with Gasteiger partial charge in [-0.2, -0.15) is 0 Å². The van der Waals surface area contributed by atoms with Crippen molar-refractivity contribution in [3.05, 3.63) is 58.5 Å². The maximum Gasteiger partial charge on any atom is 0.408 e. The van der Waals surface area contributed by atoms with Gasteiger partial charge in [-0.3, -0.25) is 4.68 Å². The van der Waals surface area contributed by atoms with E-state index in [1.165, 1.54) is 18.2 Å². The Morgan fingerprint density at radius 2 is 1.87 bits per heavy atom. The lowest BCUT2D eigenvalue weighted by molar-refractivity contribution is 0.0263. The van der Waals surface area contributed by atoms with Crippen molar-refractivity contribution in [2.75, 3.05) is 11.9 Å². The molecule has 2 aromatic heterocycles. The van der Waals surface area contributed by atoms with Crippen molar-refractivity contribution < 1.29 is 28.9 Å². The van der Waals surface area contributed by atoms with Gasteiger partial charge >= 0.3 is 6.09 Å². The Bertz CT molecular complexity index is 1560. The van der Waals surface area contributed by atoms with Gasteiger partial charge in [-0.15, -0.1) is 5.10 Å². The Kier molecular flexibility index (Phi) is 9.38. The molecule has 46 heavy (non-hydrogen) atoms. The van der Waals surface area contributed by atoms with Crippen molar-refractivity contribution in [1.29, 1.82) is 0 Å². The van der Waals surface area contributed by atoms with Crippen LogP contribution in [0, 0.1) is 17.7 Å². The molecule has 2 fully saturated rings. The molecule has 0 radical (unpaired) electrons. The number of carbonyl (C=O) groups is 1. The molecule has 2 saturated carbocycles. The van der Waals surface area contributed by atoms with Crippen LogP contribution in [0.3, 0.4) is 0 Å². The van der Waals surface area contributed by atoms with Crippen LogP contribution in [0.25, 0.3) is 0 Å². The van der Waals surface area contributed by atoms with E-state index in [-0.39, 0.29) is 29.4 Å². The Labute approximate surface area is 274 Å². The summed E-state index contributed by atoms with van der Waals surface area (Å²) in [5.41, 5.74) is 0.333. The minimum absolute atomic E-state index is 0.0275. The standard InChI is InChI=1S/C33H46ClFN6O5/c1-8-32(5,38-30(43)46-31(2,3)4)17-45-26-14-25(41(7)39-26)33(44)15-20-11-19(12-21(20)16-33)27-28(40(6)18-36-27)29(42)37-22-9-10-24(35)23(34)13-22/h9-10,13-14,18-21,29,37,42,44H,8,11-12,15-17H2,1-7H3,(H,38,43). The van der Waals surface area contributed by atoms with Crippen molar-refractivity contribution in [2.24, 2.45) is 25.9 Å². The molecule has 252 valence electrons. The fourth-order valence-corrected chi connectivity index (χ4v) is 7.15. The number of aryl methyl sites for hydroxylation is 2. The predicted molar refractivity (Wildman–Crippen MR) is 172 cm³/mol. The highest BCUT2D eigenvalue weighted by atomic mass is 35.5. The van der Waals surface area contributed by atoms with Gasteiger partial charge < -0.3 is 34.9 Å². The number of aromatic nitrogens is 4. The summed E-state index contributed by atoms with van der Waals surface area (Å²) in [6.07, 6.45) is 3.57. The summed E-state index contributed by atoms with van der Waals surface area (Å²) in [7, 11) is 3.64. The third-order valence-electron chi connectivity index (χ3n) is 9.38. The summed E-state index contributed by atoms with van der Waals surface area (Å²) in [4.78, 5) is 17.1. The summed E-state index contributed by atoms with van der Waals surface area (Å²) < 4.78 is 28.6. The van der Waals surface area contributed by atoms with Gasteiger partial charge in [0.25, 0.3) is 0 Å². The molecule has 2 aliphatic rings. The van der Waals surface area contributed by atoms with Crippen LogP contribution in [0.15, 0.2) is 30.6 Å². The number of hydrogen-bond acceptors (Lipinski definition) is 8. The first-order chi connectivity index (χ1) is 21.5. The van der Waals surface area contributed by atoms with Crippen molar-refractivity contribution in [2.45, 2.75) is 95.6 Å². The Hall–Kier alpha value is -3.35. The third kappa shape index (κ3) is 7.29. The first kappa shape index (κ1) is 34.0. The molecule has 5 rings (SSSR count). The van der Waals surface area contributed by atoms with E-state index in [1.54, 1.807) is 28.7 Å². The lowest BCUT2D eigenvalue weighted by Crippen LogP contribution is -2.51. The predicted octanol–water partition coefficient (Wildman–Crippen LogP) is 5.91. The van der Waals surface area contributed by atoms with Crippen molar-refractivity contribution in [1.82, 2.24) is 24.6 Å². The first-order valence-corrected chi connectivity index (χ1v) is 16.2. The molecule has 2 heterocycles. The number of amides is 1. The monoisotopic (exact) mass is 660 g/mol. The highest BCUT2D eigenvalue weighted by Crippen LogP contribution is 2.57. The van der Waals surface area contributed by atoms with Gasteiger partial charge in [-0.25, -0.2) is 14.2 Å². The average molecular weight is 661 g/mol. The maximum absolute atomic E-state index is 13.6. The van der Waals surface area contributed by atoms with Gasteiger partial charge in [-0.05, 0) is 89.8 Å². The average Bonchev–Trinajstić information content (AvgIpc) is 3.70. The summed E-state index contributed by atoms with van der Waals surface area (Å²) in [5.74, 6) is 0.521. The number of benzene rings is 1. The summed E-state index contributed by atoms with van der Waals surface area (Å²) in [6.45, 7) is 9.49. The molecule has 1 amide bonds. The number of alkyl carbamates (subject to hydrolysis) is 1. The molecule has 13 heteroatoms. The number of nitrogens with one attached hydrogen (secondary N) is 2. The van der Waals surface area contributed by atoms with Gasteiger partial charge in [0.2, 0.25) is 5.88 Å². The van der Waals surface area contributed by atoms with Gasteiger partial charge in [0.15, 0.2) is 6.23 Å². The number of ether oxygens (including phenoxy) is 2. The molecule has 2 aliphatic carbocycles. The minimum Gasteiger partial charge on any atom is -0.474 e. The van der Waals surface area contributed by atoms with Crippen LogP contribution >= 0.6 is 11.6 Å². The fourth-order valence-electron chi connectivity index (χ4n) is 6.97. The maximum atomic E-state index is 13.6. The van der Waals surface area contributed by atoms with E-state index in [4.69, 9.17) is 21.1 Å². The molecule has 0 saturated heterocycles. The van der Waals surface area contributed by atoms with Crippen molar-refractivity contribution in [3.8, 4) is 5.88 Å². The summed E-state index contributed by atoms with van der Waals surface area (Å²) in [5, 5.41) is 33.4. The van der Waals surface area contributed by atoms with Crippen molar-refractivity contribution >= 4 is 23.4 Å². The van der Waals surface area contributed by atoms with Gasteiger partial charge in [0, 0.05) is 31.8 Å². The van der Waals surface area contributed by atoms with E-state index in [1.807, 2.05) is 41.7 Å². The molecule has 4 atom stereocenters. The Morgan fingerprint density at radius 3 is 2.48 bits per heavy atom. The molecule has 3 aromatic rings. The molecule has 0 aliphatic heterocycles. The molecular weight excluding hydrogens is 615 g/mol. The number of rotatable bonds is 10. The van der Waals surface area contributed by atoms with Crippen LogP contribution in [0.4, 0.5) is 14.9 Å². The highest BCUT2D eigenvalue weighted by Gasteiger charge is 2.51. The highest BCUT2D eigenvalue weighted by molar-refractivity contribution is 6.31. The number of fused-ring (bicyclic) bond motifs is 1. The van der Waals surface area contributed by atoms with Gasteiger partial charge in [0.1, 0.15) is 23.6 Å².